The quantitative estimate of drug-likeness (QED) is 0.0197. The van der Waals surface area contributed by atoms with Gasteiger partial charge >= 0.3 is 25.7 Å². The van der Waals surface area contributed by atoms with Gasteiger partial charge in [-0.1, -0.05) is 229 Å². The maximum absolute atomic E-state index is 12.9. The van der Waals surface area contributed by atoms with Crippen LogP contribution < -0.4 is 0 Å². The molecule has 0 saturated heterocycles. The SMILES string of the molecule is CC/C=C\C/C=C\C/C=C\C/C=C\C/C=C\CCCCCC(=O)OCC(COP(=O)(O)OCC(CO)OC(=O)CCCCCCCCCCC)OC(=O)CCCCCCCCCCC/C=C\CCCCCCCC. The molecule has 0 radical (unpaired) electrons. The van der Waals surface area contributed by atoms with Crippen molar-refractivity contribution < 1.29 is 52.2 Å². The monoisotopic (exact) mass is 1060 g/mol. The molecule has 0 fully saturated rings. The molecule has 11 nitrogen and oxygen atoms in total. The number of unbranched alkanes of at least 4 members (excludes halogenated alkanes) is 26. The molecule has 0 aliphatic rings. The summed E-state index contributed by atoms with van der Waals surface area (Å²) in [6.07, 6.45) is 63.0. The first-order valence-electron chi connectivity index (χ1n) is 29.8. The van der Waals surface area contributed by atoms with Gasteiger partial charge in [-0.2, -0.15) is 0 Å². The van der Waals surface area contributed by atoms with E-state index in [9.17, 15) is 28.9 Å². The molecule has 2 N–H and O–H groups in total. The molecule has 0 aromatic heterocycles. The summed E-state index contributed by atoms with van der Waals surface area (Å²) < 4.78 is 39.5. The molecular weight excluding hydrogens is 952 g/mol. The molecule has 428 valence electrons. The number of hydrogen-bond acceptors (Lipinski definition) is 10. The molecule has 0 aliphatic heterocycles. The van der Waals surface area contributed by atoms with Gasteiger partial charge in [0.1, 0.15) is 12.7 Å². The van der Waals surface area contributed by atoms with Crippen LogP contribution in [0.5, 0.6) is 0 Å². The second-order valence-electron chi connectivity index (χ2n) is 19.8. The Morgan fingerprint density at radius 2 is 0.703 bits per heavy atom. The molecular formula is C62H109O11P. The molecule has 0 amide bonds. The maximum Gasteiger partial charge on any atom is 0.472 e. The lowest BCUT2D eigenvalue weighted by atomic mass is 10.1. The Morgan fingerprint density at radius 3 is 1.11 bits per heavy atom. The fourth-order valence-corrected chi connectivity index (χ4v) is 8.87. The number of carbonyl (C=O) groups excluding carboxylic acids is 3. The largest absolute Gasteiger partial charge is 0.472 e. The van der Waals surface area contributed by atoms with Crippen LogP contribution in [0.4, 0.5) is 0 Å². The van der Waals surface area contributed by atoms with Gasteiger partial charge in [-0.15, -0.1) is 0 Å². The minimum Gasteiger partial charge on any atom is -0.462 e. The van der Waals surface area contributed by atoms with E-state index in [1.54, 1.807) is 0 Å². The number of phosphoric acid groups is 1. The first-order valence-corrected chi connectivity index (χ1v) is 31.3. The molecule has 0 aromatic carbocycles. The summed E-state index contributed by atoms with van der Waals surface area (Å²) in [5, 5.41) is 9.78. The van der Waals surface area contributed by atoms with Crippen LogP contribution in [0.2, 0.25) is 0 Å². The summed E-state index contributed by atoms with van der Waals surface area (Å²) in [5.74, 6) is -1.50. The van der Waals surface area contributed by atoms with Gasteiger partial charge in [0.15, 0.2) is 6.10 Å². The van der Waals surface area contributed by atoms with E-state index in [4.69, 9.17) is 23.3 Å². The maximum atomic E-state index is 12.9. The summed E-state index contributed by atoms with van der Waals surface area (Å²) in [6, 6.07) is 0. The van der Waals surface area contributed by atoms with Crippen molar-refractivity contribution in [2.45, 2.75) is 277 Å². The minimum atomic E-state index is -4.75. The van der Waals surface area contributed by atoms with Crippen LogP contribution in [0.25, 0.3) is 0 Å². The second-order valence-corrected chi connectivity index (χ2v) is 21.2. The van der Waals surface area contributed by atoms with Gasteiger partial charge in [0, 0.05) is 19.3 Å². The van der Waals surface area contributed by atoms with Crippen LogP contribution in [0.1, 0.15) is 265 Å². The van der Waals surface area contributed by atoms with Crippen molar-refractivity contribution in [3.63, 3.8) is 0 Å². The van der Waals surface area contributed by atoms with Crippen molar-refractivity contribution in [2.75, 3.05) is 26.4 Å². The van der Waals surface area contributed by atoms with Crippen molar-refractivity contribution in [3.8, 4) is 0 Å². The molecule has 3 unspecified atom stereocenters. The van der Waals surface area contributed by atoms with E-state index in [0.29, 0.717) is 19.3 Å². The zero-order valence-corrected chi connectivity index (χ0v) is 48.2. The number of hydrogen-bond donors (Lipinski definition) is 2. The number of aliphatic hydroxyl groups excluding tert-OH is 1. The molecule has 0 rings (SSSR count). The Kier molecular flexibility index (Phi) is 53.8. The van der Waals surface area contributed by atoms with Gasteiger partial charge in [0.25, 0.3) is 0 Å². The molecule has 12 heteroatoms. The molecule has 0 spiro atoms. The van der Waals surface area contributed by atoms with Crippen LogP contribution in [0.15, 0.2) is 72.9 Å². The van der Waals surface area contributed by atoms with Crippen LogP contribution in [-0.2, 0) is 42.2 Å². The average Bonchev–Trinajstić information content (AvgIpc) is 3.39. The summed E-state index contributed by atoms with van der Waals surface area (Å²) >= 11 is 0. The smallest absolute Gasteiger partial charge is 0.462 e. The molecule has 0 saturated carbocycles. The van der Waals surface area contributed by atoms with Gasteiger partial charge in [0.2, 0.25) is 0 Å². The highest BCUT2D eigenvalue weighted by molar-refractivity contribution is 7.47. The van der Waals surface area contributed by atoms with E-state index >= 15 is 0 Å². The number of ether oxygens (including phenoxy) is 3. The lowest BCUT2D eigenvalue weighted by Gasteiger charge is -2.21. The molecule has 0 aliphatic carbocycles. The summed E-state index contributed by atoms with van der Waals surface area (Å²) in [4.78, 5) is 48.5. The predicted octanol–water partition coefficient (Wildman–Crippen LogP) is 17.7. The van der Waals surface area contributed by atoms with Crippen molar-refractivity contribution in [2.24, 2.45) is 0 Å². The van der Waals surface area contributed by atoms with E-state index in [1.165, 1.54) is 116 Å². The van der Waals surface area contributed by atoms with Crippen LogP contribution in [0.3, 0.4) is 0 Å². The van der Waals surface area contributed by atoms with Crippen LogP contribution in [-0.4, -0.2) is 66.5 Å². The van der Waals surface area contributed by atoms with Crippen LogP contribution >= 0.6 is 7.82 Å². The fourth-order valence-electron chi connectivity index (χ4n) is 8.08. The third-order valence-corrected chi connectivity index (χ3v) is 13.6. The Bertz CT molecular complexity index is 1520. The minimum absolute atomic E-state index is 0.157. The Morgan fingerprint density at radius 1 is 0.392 bits per heavy atom. The van der Waals surface area contributed by atoms with E-state index in [0.717, 1.165) is 89.9 Å². The first kappa shape index (κ1) is 70.9. The fraction of sp³-hybridized carbons (Fsp3) is 0.758. The van der Waals surface area contributed by atoms with Crippen LogP contribution in [0, 0.1) is 0 Å². The highest BCUT2D eigenvalue weighted by Gasteiger charge is 2.28. The number of allylic oxidation sites excluding steroid dienone is 12. The van der Waals surface area contributed by atoms with E-state index in [2.05, 4.69) is 93.7 Å². The van der Waals surface area contributed by atoms with E-state index < -0.39 is 57.8 Å². The molecule has 0 bridgehead atoms. The Balaban J connectivity index is 4.75. The molecule has 0 aromatic rings. The zero-order chi connectivity index (χ0) is 54.1. The number of esters is 3. The summed E-state index contributed by atoms with van der Waals surface area (Å²) in [6.45, 7) is 4.48. The normalized spacial score (nSPS) is 13.9. The zero-order valence-electron chi connectivity index (χ0n) is 47.3. The topological polar surface area (TPSA) is 155 Å². The molecule has 74 heavy (non-hydrogen) atoms. The van der Waals surface area contributed by atoms with Gasteiger partial charge < -0.3 is 24.2 Å². The highest BCUT2D eigenvalue weighted by Crippen LogP contribution is 2.43. The standard InChI is InChI=1S/C62H109O11P/c1-4-7-10-13-16-19-21-23-25-27-29-31-33-35-37-40-42-45-48-51-60(64)69-55-59(57-71-74(67,68)70-56-58(54-63)72-61(65)52-49-46-43-39-18-15-12-9-6-3)73-62(66)53-50-47-44-41-38-36-34-32-30-28-26-24-22-20-17-14-11-8-5-2/h7,10,16,19,23-26,29,31,35,37,58-59,63H,4-6,8-9,11-15,17-18,20-22,27-28,30,32-34,36,38-57H2,1-3H3,(H,67,68)/b10-7-,19-16-,25-23-,26-24-,31-29-,37-35-. The molecule has 3 atom stereocenters. The van der Waals surface area contributed by atoms with Gasteiger partial charge in [-0.25, -0.2) is 4.57 Å². The summed E-state index contributed by atoms with van der Waals surface area (Å²) in [5.41, 5.74) is 0. The molecule has 0 heterocycles. The van der Waals surface area contributed by atoms with Crippen molar-refractivity contribution in [1.82, 2.24) is 0 Å². The average molecular weight is 1060 g/mol. The van der Waals surface area contributed by atoms with Gasteiger partial charge in [-0.3, -0.25) is 23.4 Å². The third kappa shape index (κ3) is 53.7. The lowest BCUT2D eigenvalue weighted by molar-refractivity contribution is -0.161. The third-order valence-electron chi connectivity index (χ3n) is 12.6. The number of phosphoric ester groups is 1. The first-order chi connectivity index (χ1) is 36.2. The number of rotatable bonds is 55. The van der Waals surface area contributed by atoms with E-state index in [1.807, 2.05) is 0 Å². The summed E-state index contributed by atoms with van der Waals surface area (Å²) in [7, 11) is -4.75. The number of aliphatic hydroxyl groups is 1. The predicted molar refractivity (Wildman–Crippen MR) is 307 cm³/mol. The van der Waals surface area contributed by atoms with Crippen molar-refractivity contribution in [3.05, 3.63) is 72.9 Å². The van der Waals surface area contributed by atoms with Crippen molar-refractivity contribution in [1.29, 1.82) is 0 Å². The van der Waals surface area contributed by atoms with Gasteiger partial charge in [0.05, 0.1) is 19.8 Å². The number of carbonyl (C=O) groups is 3. The Hall–Kier alpha value is -3.08. The second kappa shape index (κ2) is 56.1. The highest BCUT2D eigenvalue weighted by atomic mass is 31.2. The Labute approximate surface area is 452 Å². The lowest BCUT2D eigenvalue weighted by Crippen LogP contribution is -2.30. The van der Waals surface area contributed by atoms with Crippen molar-refractivity contribution >= 4 is 25.7 Å². The van der Waals surface area contributed by atoms with E-state index in [-0.39, 0.29) is 25.9 Å². The van der Waals surface area contributed by atoms with Gasteiger partial charge in [-0.05, 0) is 89.9 Å².